The van der Waals surface area contributed by atoms with Crippen LogP contribution in [0.2, 0.25) is 0 Å². The minimum atomic E-state index is -0.0660. The van der Waals surface area contributed by atoms with Gasteiger partial charge in [0.05, 0.1) is 23.3 Å². The number of carbonyl (C=O) groups is 1. The molecule has 7 heteroatoms. The molecule has 0 aliphatic carbocycles. The molecule has 0 atom stereocenters. The van der Waals surface area contributed by atoms with Gasteiger partial charge in [-0.15, -0.1) is 11.3 Å². The van der Waals surface area contributed by atoms with Gasteiger partial charge in [-0.25, -0.2) is 4.98 Å². The number of likely N-dealkylation sites (N-methyl/N-ethyl adjacent to an activating group) is 1. The van der Waals surface area contributed by atoms with Crippen LogP contribution in [0.1, 0.15) is 34.2 Å². The van der Waals surface area contributed by atoms with Gasteiger partial charge in [0.2, 0.25) is 0 Å². The number of aromatic nitrogens is 3. The Labute approximate surface area is 185 Å². The fourth-order valence-electron chi connectivity index (χ4n) is 4.04. The van der Waals surface area contributed by atoms with Crippen LogP contribution < -0.4 is 5.32 Å². The second kappa shape index (κ2) is 8.53. The lowest BCUT2D eigenvalue weighted by molar-refractivity contribution is 0.0949. The molecule has 1 aliphatic rings. The number of hydrogen-bond donors (Lipinski definition) is 1. The number of rotatable bonds is 5. The molecule has 1 amide bonds. The van der Waals surface area contributed by atoms with Crippen molar-refractivity contribution in [3.05, 3.63) is 76.7 Å². The highest BCUT2D eigenvalue weighted by atomic mass is 32.1. The first-order chi connectivity index (χ1) is 15.2. The van der Waals surface area contributed by atoms with Crippen LogP contribution in [-0.4, -0.2) is 38.8 Å². The van der Waals surface area contributed by atoms with E-state index in [1.165, 1.54) is 0 Å². The fourth-order valence-corrected chi connectivity index (χ4v) is 4.86. The Hall–Kier alpha value is -3.16. The lowest BCUT2D eigenvalue weighted by atomic mass is 9.95. The summed E-state index contributed by atoms with van der Waals surface area (Å²) in [6.45, 7) is 5.24. The summed E-state index contributed by atoms with van der Waals surface area (Å²) in [4.78, 5) is 29.4. The molecule has 0 saturated carbocycles. The van der Waals surface area contributed by atoms with E-state index in [2.05, 4.69) is 27.1 Å². The molecule has 4 heterocycles. The van der Waals surface area contributed by atoms with Crippen molar-refractivity contribution in [1.29, 1.82) is 0 Å². The first-order valence-electron chi connectivity index (χ1n) is 10.5. The van der Waals surface area contributed by atoms with Crippen molar-refractivity contribution in [3.63, 3.8) is 0 Å². The quantitative estimate of drug-likeness (QED) is 0.518. The Bertz CT molecular complexity index is 1240. The molecule has 0 radical (unpaired) electrons. The van der Waals surface area contributed by atoms with E-state index < -0.39 is 0 Å². The van der Waals surface area contributed by atoms with E-state index in [1.807, 2.05) is 41.8 Å². The number of nitrogens with zero attached hydrogens (tertiary/aromatic N) is 4. The predicted molar refractivity (Wildman–Crippen MR) is 123 cm³/mol. The third kappa shape index (κ3) is 3.94. The Morgan fingerprint density at radius 1 is 1.19 bits per heavy atom. The van der Waals surface area contributed by atoms with Gasteiger partial charge in [0.1, 0.15) is 5.01 Å². The van der Waals surface area contributed by atoms with Gasteiger partial charge in [-0.1, -0.05) is 25.1 Å². The van der Waals surface area contributed by atoms with E-state index in [-0.39, 0.29) is 5.91 Å². The molecule has 3 aromatic heterocycles. The summed E-state index contributed by atoms with van der Waals surface area (Å²) in [6.07, 6.45) is 4.42. The summed E-state index contributed by atoms with van der Waals surface area (Å²) < 4.78 is 0. The molecule has 1 aliphatic heterocycles. The first-order valence-corrected chi connectivity index (χ1v) is 11.4. The van der Waals surface area contributed by atoms with Crippen molar-refractivity contribution >= 4 is 28.1 Å². The van der Waals surface area contributed by atoms with Gasteiger partial charge in [-0.3, -0.25) is 19.7 Å². The molecule has 0 unspecified atom stereocenters. The van der Waals surface area contributed by atoms with Gasteiger partial charge >= 0.3 is 0 Å². The molecule has 5 rings (SSSR count). The molecular formula is C24H23N5OS. The zero-order chi connectivity index (χ0) is 21.2. The fraction of sp³-hybridized carbons (Fsp3) is 0.250. The average molecular weight is 430 g/mol. The SMILES string of the molecule is CCN1CCc2nc3ccccc3c(C(=O)NCc3csc(-c4cccnc4)n3)c2C1. The predicted octanol–water partition coefficient (Wildman–Crippen LogP) is 4.06. The maximum absolute atomic E-state index is 13.4. The van der Waals surface area contributed by atoms with Crippen LogP contribution in [-0.2, 0) is 19.5 Å². The van der Waals surface area contributed by atoms with E-state index >= 15 is 0 Å². The molecule has 1 aromatic carbocycles. The van der Waals surface area contributed by atoms with Crippen LogP contribution in [0.3, 0.4) is 0 Å². The number of nitrogens with one attached hydrogen (secondary N) is 1. The third-order valence-corrected chi connectivity index (χ3v) is 6.63. The van der Waals surface area contributed by atoms with E-state index in [1.54, 1.807) is 23.7 Å². The van der Waals surface area contributed by atoms with Crippen LogP contribution in [0, 0.1) is 0 Å². The van der Waals surface area contributed by atoms with Crippen molar-refractivity contribution in [1.82, 2.24) is 25.2 Å². The van der Waals surface area contributed by atoms with Crippen LogP contribution >= 0.6 is 11.3 Å². The summed E-state index contributed by atoms with van der Waals surface area (Å²) in [5, 5.41) is 6.90. The number of thiazole rings is 1. The number of pyridine rings is 2. The van der Waals surface area contributed by atoms with Crippen LogP contribution in [0.4, 0.5) is 0 Å². The number of para-hydroxylation sites is 1. The summed E-state index contributed by atoms with van der Waals surface area (Å²) in [5.41, 5.74) is 5.56. The monoisotopic (exact) mass is 429 g/mol. The average Bonchev–Trinajstić information content (AvgIpc) is 3.30. The Kier molecular flexibility index (Phi) is 5.44. The Balaban J connectivity index is 1.43. The molecular weight excluding hydrogens is 406 g/mol. The standard InChI is InChI=1S/C24H23N5OS/c1-2-29-11-9-21-19(14-29)22(18-7-3-4-8-20(18)28-21)23(30)26-13-17-15-31-24(27-17)16-6-5-10-25-12-16/h3-8,10,12,15H,2,9,11,13-14H2,1H3,(H,26,30). The number of carbonyl (C=O) groups excluding carboxylic acids is 1. The number of fused-ring (bicyclic) bond motifs is 2. The molecule has 0 spiro atoms. The summed E-state index contributed by atoms with van der Waals surface area (Å²) in [6, 6.07) is 11.8. The van der Waals surface area contributed by atoms with Gasteiger partial charge in [-0.2, -0.15) is 0 Å². The summed E-state index contributed by atoms with van der Waals surface area (Å²) in [5.74, 6) is -0.0660. The van der Waals surface area contributed by atoms with Gasteiger partial charge in [0.25, 0.3) is 5.91 Å². The molecule has 4 aromatic rings. The molecule has 0 bridgehead atoms. The normalized spacial score (nSPS) is 13.8. The van der Waals surface area contributed by atoms with Crippen molar-refractivity contribution in [2.24, 2.45) is 0 Å². The molecule has 31 heavy (non-hydrogen) atoms. The summed E-state index contributed by atoms with van der Waals surface area (Å²) >= 11 is 1.56. The van der Waals surface area contributed by atoms with Crippen molar-refractivity contribution in [3.8, 4) is 10.6 Å². The number of amides is 1. The minimum absolute atomic E-state index is 0.0660. The lowest BCUT2D eigenvalue weighted by Gasteiger charge is -2.29. The van der Waals surface area contributed by atoms with E-state index in [0.717, 1.165) is 70.0 Å². The smallest absolute Gasteiger partial charge is 0.252 e. The van der Waals surface area contributed by atoms with E-state index in [4.69, 9.17) is 4.98 Å². The van der Waals surface area contributed by atoms with Gasteiger partial charge in [-0.05, 0) is 24.7 Å². The molecule has 0 saturated heterocycles. The maximum Gasteiger partial charge on any atom is 0.252 e. The van der Waals surface area contributed by atoms with Gasteiger partial charge < -0.3 is 5.32 Å². The van der Waals surface area contributed by atoms with Crippen LogP contribution in [0.5, 0.6) is 0 Å². The highest BCUT2D eigenvalue weighted by Gasteiger charge is 2.25. The first kappa shape index (κ1) is 19.8. The minimum Gasteiger partial charge on any atom is -0.346 e. The zero-order valence-corrected chi connectivity index (χ0v) is 18.2. The largest absolute Gasteiger partial charge is 0.346 e. The highest BCUT2D eigenvalue weighted by molar-refractivity contribution is 7.13. The van der Waals surface area contributed by atoms with Gasteiger partial charge in [0.15, 0.2) is 0 Å². The van der Waals surface area contributed by atoms with Crippen LogP contribution in [0.15, 0.2) is 54.2 Å². The number of hydrogen-bond acceptors (Lipinski definition) is 6. The molecule has 156 valence electrons. The molecule has 6 nitrogen and oxygen atoms in total. The second-order valence-corrected chi connectivity index (χ2v) is 8.47. The maximum atomic E-state index is 13.4. The number of benzene rings is 1. The van der Waals surface area contributed by atoms with Crippen molar-refractivity contribution in [2.45, 2.75) is 26.4 Å². The summed E-state index contributed by atoms with van der Waals surface area (Å²) in [7, 11) is 0. The van der Waals surface area contributed by atoms with E-state index in [9.17, 15) is 4.79 Å². The topological polar surface area (TPSA) is 71.0 Å². The third-order valence-electron chi connectivity index (χ3n) is 5.69. The lowest BCUT2D eigenvalue weighted by Crippen LogP contribution is -2.34. The Morgan fingerprint density at radius 2 is 2.10 bits per heavy atom. The van der Waals surface area contributed by atoms with Crippen molar-refractivity contribution < 1.29 is 4.79 Å². The van der Waals surface area contributed by atoms with E-state index in [0.29, 0.717) is 6.54 Å². The second-order valence-electron chi connectivity index (χ2n) is 7.62. The highest BCUT2D eigenvalue weighted by Crippen LogP contribution is 2.28. The molecule has 1 N–H and O–H groups in total. The zero-order valence-electron chi connectivity index (χ0n) is 17.3. The molecule has 0 fully saturated rings. The van der Waals surface area contributed by atoms with Crippen LogP contribution in [0.25, 0.3) is 21.5 Å². The van der Waals surface area contributed by atoms with Gasteiger partial charge in [0, 0.05) is 59.5 Å². The van der Waals surface area contributed by atoms with Crippen molar-refractivity contribution in [2.75, 3.05) is 13.1 Å². The Morgan fingerprint density at radius 3 is 2.94 bits per heavy atom.